The lowest BCUT2D eigenvalue weighted by molar-refractivity contribution is -0.136. The highest BCUT2D eigenvalue weighted by molar-refractivity contribution is 5.82. The third-order valence-corrected chi connectivity index (χ3v) is 1.63. The molecular weight excluding hydrogens is 164 g/mol. The van der Waals surface area contributed by atoms with Crippen molar-refractivity contribution < 1.29 is 9.53 Å². The van der Waals surface area contributed by atoms with Gasteiger partial charge >= 0.3 is 5.97 Å². The van der Waals surface area contributed by atoms with Crippen LogP contribution in [0, 0.1) is 0 Å². The van der Waals surface area contributed by atoms with E-state index in [1.165, 1.54) is 0 Å². The molecule has 74 valence electrons. The summed E-state index contributed by atoms with van der Waals surface area (Å²) in [7, 11) is 0. The first-order valence-corrected chi connectivity index (χ1v) is 4.65. The van der Waals surface area contributed by atoms with Crippen molar-refractivity contribution in [2.75, 3.05) is 6.61 Å². The number of carbonyl (C=O) groups excluding carboxylic acids is 1. The Morgan fingerprint density at radius 3 is 2.77 bits per heavy atom. The smallest absolute Gasteiger partial charge is 0.330 e. The number of rotatable bonds is 6. The van der Waals surface area contributed by atoms with Crippen molar-refractivity contribution in [1.29, 1.82) is 0 Å². The quantitative estimate of drug-likeness (QED) is 0.358. The zero-order chi connectivity index (χ0) is 10.1. The van der Waals surface area contributed by atoms with Crippen molar-refractivity contribution in [3.05, 3.63) is 24.3 Å². The molecule has 0 aliphatic heterocycles. The second-order valence-electron chi connectivity index (χ2n) is 3.01. The van der Waals surface area contributed by atoms with E-state index < -0.39 is 0 Å². The number of carbonyl (C=O) groups is 1. The van der Waals surface area contributed by atoms with E-state index >= 15 is 0 Å². The van der Waals surface area contributed by atoms with Gasteiger partial charge in [0.15, 0.2) is 0 Å². The van der Waals surface area contributed by atoms with Crippen LogP contribution in [0.2, 0.25) is 0 Å². The maximum atomic E-state index is 11.0. The third kappa shape index (κ3) is 7.32. The van der Waals surface area contributed by atoms with E-state index in [2.05, 4.69) is 13.5 Å². The Morgan fingerprint density at radius 1 is 1.54 bits per heavy atom. The van der Waals surface area contributed by atoms with Gasteiger partial charge in [-0.05, 0) is 19.8 Å². The molecule has 0 radical (unpaired) electrons. The Hall–Kier alpha value is -1.05. The first-order chi connectivity index (χ1) is 6.20. The molecule has 0 heterocycles. The van der Waals surface area contributed by atoms with Gasteiger partial charge in [0.25, 0.3) is 0 Å². The van der Waals surface area contributed by atoms with E-state index in [0.717, 1.165) is 24.8 Å². The maximum absolute atomic E-state index is 11.0. The van der Waals surface area contributed by atoms with Gasteiger partial charge < -0.3 is 4.74 Å². The minimum absolute atomic E-state index is 0.270. The molecule has 0 saturated carbocycles. The van der Waals surface area contributed by atoms with Crippen LogP contribution >= 0.6 is 0 Å². The standard InChI is InChI=1S/C11H18O2/c1-4-6-7-10(3)9-11(12)13-8-5-2/h5,9H,2,4,6-8H2,1,3H3/b10-9+. The van der Waals surface area contributed by atoms with Gasteiger partial charge in [-0.1, -0.05) is 31.6 Å². The number of hydrogen-bond acceptors (Lipinski definition) is 2. The van der Waals surface area contributed by atoms with Crippen LogP contribution in [0.3, 0.4) is 0 Å². The summed E-state index contributed by atoms with van der Waals surface area (Å²) in [4.78, 5) is 11.0. The first kappa shape index (κ1) is 11.9. The molecule has 0 spiro atoms. The molecule has 0 aromatic carbocycles. The van der Waals surface area contributed by atoms with Crippen LogP contribution in [0.1, 0.15) is 33.1 Å². The highest BCUT2D eigenvalue weighted by Gasteiger charge is 1.97. The largest absolute Gasteiger partial charge is 0.458 e. The molecule has 2 nitrogen and oxygen atoms in total. The molecule has 13 heavy (non-hydrogen) atoms. The summed E-state index contributed by atoms with van der Waals surface area (Å²) in [6.45, 7) is 7.83. The number of ether oxygens (including phenoxy) is 1. The SMILES string of the molecule is C=CCOC(=O)/C=C(\C)CCCC. The third-order valence-electron chi connectivity index (χ3n) is 1.63. The fourth-order valence-electron chi connectivity index (χ4n) is 0.912. The van der Waals surface area contributed by atoms with Crippen LogP contribution in [-0.2, 0) is 9.53 Å². The Labute approximate surface area is 80.3 Å². The van der Waals surface area contributed by atoms with Gasteiger partial charge in [-0.15, -0.1) is 0 Å². The van der Waals surface area contributed by atoms with Gasteiger partial charge in [-0.2, -0.15) is 0 Å². The highest BCUT2D eigenvalue weighted by Crippen LogP contribution is 2.05. The maximum Gasteiger partial charge on any atom is 0.330 e. The Kier molecular flexibility index (Phi) is 6.98. The van der Waals surface area contributed by atoms with E-state index in [1.54, 1.807) is 12.2 Å². The number of esters is 1. The average Bonchev–Trinajstić information content (AvgIpc) is 2.11. The van der Waals surface area contributed by atoms with E-state index in [1.807, 2.05) is 6.92 Å². The molecule has 0 unspecified atom stereocenters. The van der Waals surface area contributed by atoms with Crippen molar-refractivity contribution >= 4 is 5.97 Å². The number of allylic oxidation sites excluding steroid dienone is 1. The summed E-state index contributed by atoms with van der Waals surface area (Å²) in [5.41, 5.74) is 1.08. The lowest BCUT2D eigenvalue weighted by Gasteiger charge is -1.99. The van der Waals surface area contributed by atoms with Crippen LogP contribution in [-0.4, -0.2) is 12.6 Å². The molecule has 0 atom stereocenters. The number of hydrogen-bond donors (Lipinski definition) is 0. The molecule has 0 aliphatic rings. The Bertz CT molecular complexity index is 192. The van der Waals surface area contributed by atoms with Gasteiger partial charge in [0.05, 0.1) is 0 Å². The molecule has 0 saturated heterocycles. The molecule has 0 aromatic heterocycles. The first-order valence-electron chi connectivity index (χ1n) is 4.65. The minimum Gasteiger partial charge on any atom is -0.458 e. The monoisotopic (exact) mass is 182 g/mol. The molecule has 0 rings (SSSR count). The van der Waals surface area contributed by atoms with E-state index in [0.29, 0.717) is 0 Å². The summed E-state index contributed by atoms with van der Waals surface area (Å²) in [5, 5.41) is 0. The minimum atomic E-state index is -0.270. The summed E-state index contributed by atoms with van der Waals surface area (Å²) >= 11 is 0. The molecule has 0 amide bonds. The molecule has 0 bridgehead atoms. The van der Waals surface area contributed by atoms with Gasteiger partial charge in [-0.25, -0.2) is 4.79 Å². The van der Waals surface area contributed by atoms with Crippen molar-refractivity contribution in [2.24, 2.45) is 0 Å². The second-order valence-corrected chi connectivity index (χ2v) is 3.01. The van der Waals surface area contributed by atoms with Crippen molar-refractivity contribution in [1.82, 2.24) is 0 Å². The van der Waals surface area contributed by atoms with Gasteiger partial charge in [0, 0.05) is 6.08 Å². The molecule has 0 N–H and O–H groups in total. The van der Waals surface area contributed by atoms with Crippen LogP contribution in [0.4, 0.5) is 0 Å². The van der Waals surface area contributed by atoms with Crippen molar-refractivity contribution in [3.63, 3.8) is 0 Å². The van der Waals surface area contributed by atoms with E-state index in [-0.39, 0.29) is 12.6 Å². The van der Waals surface area contributed by atoms with Crippen LogP contribution in [0.5, 0.6) is 0 Å². The van der Waals surface area contributed by atoms with Crippen LogP contribution in [0.25, 0.3) is 0 Å². The summed E-state index contributed by atoms with van der Waals surface area (Å²) in [5.74, 6) is -0.270. The zero-order valence-corrected chi connectivity index (χ0v) is 8.51. The Morgan fingerprint density at radius 2 is 2.23 bits per heavy atom. The highest BCUT2D eigenvalue weighted by atomic mass is 16.5. The van der Waals surface area contributed by atoms with Gasteiger partial charge in [0.1, 0.15) is 6.61 Å². The topological polar surface area (TPSA) is 26.3 Å². The molecular formula is C11H18O2. The lowest BCUT2D eigenvalue weighted by Crippen LogP contribution is -2.01. The lowest BCUT2D eigenvalue weighted by atomic mass is 10.1. The molecule has 0 fully saturated rings. The van der Waals surface area contributed by atoms with Crippen molar-refractivity contribution in [3.8, 4) is 0 Å². The van der Waals surface area contributed by atoms with E-state index in [9.17, 15) is 4.79 Å². The van der Waals surface area contributed by atoms with Crippen LogP contribution < -0.4 is 0 Å². The van der Waals surface area contributed by atoms with E-state index in [4.69, 9.17) is 4.74 Å². The predicted octanol–water partition coefficient (Wildman–Crippen LogP) is 2.85. The average molecular weight is 182 g/mol. The van der Waals surface area contributed by atoms with Crippen LogP contribution in [0.15, 0.2) is 24.3 Å². The normalized spacial score (nSPS) is 11.1. The predicted molar refractivity (Wildman–Crippen MR) is 54.4 cm³/mol. The molecule has 2 heteroatoms. The van der Waals surface area contributed by atoms with Gasteiger partial charge in [-0.3, -0.25) is 0 Å². The fourth-order valence-corrected chi connectivity index (χ4v) is 0.912. The van der Waals surface area contributed by atoms with Crippen molar-refractivity contribution in [2.45, 2.75) is 33.1 Å². The summed E-state index contributed by atoms with van der Waals surface area (Å²) in [6, 6.07) is 0. The second kappa shape index (κ2) is 7.59. The molecule has 0 aliphatic carbocycles. The molecule has 0 aromatic rings. The summed E-state index contributed by atoms with van der Waals surface area (Å²) < 4.78 is 4.81. The summed E-state index contributed by atoms with van der Waals surface area (Å²) in [6.07, 6.45) is 6.36. The zero-order valence-electron chi connectivity index (χ0n) is 8.51. The fraction of sp³-hybridized carbons (Fsp3) is 0.545. The van der Waals surface area contributed by atoms with Gasteiger partial charge in [0.2, 0.25) is 0 Å². The Balaban J connectivity index is 3.76. The number of unbranched alkanes of at least 4 members (excludes halogenated alkanes) is 1.